The molecule has 1 unspecified atom stereocenters. The maximum atomic E-state index is 12.0. The fourth-order valence-corrected chi connectivity index (χ4v) is 2.73. The van der Waals surface area contributed by atoms with Crippen LogP contribution in [0.3, 0.4) is 0 Å². The van der Waals surface area contributed by atoms with Gasteiger partial charge in [0.15, 0.2) is 0 Å². The van der Waals surface area contributed by atoms with Crippen LogP contribution in [0.15, 0.2) is 30.3 Å². The Morgan fingerprint density at radius 1 is 1.32 bits per heavy atom. The predicted molar refractivity (Wildman–Crippen MR) is 83.4 cm³/mol. The van der Waals surface area contributed by atoms with Gasteiger partial charge in [0.05, 0.1) is 13.2 Å². The van der Waals surface area contributed by atoms with Crippen molar-refractivity contribution < 1.29 is 14.3 Å². The number of benzene rings is 1. The fourth-order valence-electron chi connectivity index (χ4n) is 2.73. The molecule has 0 aromatic heterocycles. The van der Waals surface area contributed by atoms with Crippen LogP contribution in [0.1, 0.15) is 24.4 Å². The average molecular weight is 305 g/mol. The Bertz CT molecular complexity index is 493. The van der Waals surface area contributed by atoms with Crippen LogP contribution >= 0.6 is 0 Å². The highest BCUT2D eigenvalue weighted by Gasteiger charge is 2.27. The maximum absolute atomic E-state index is 12.0. The first-order valence-corrected chi connectivity index (χ1v) is 7.56. The lowest BCUT2D eigenvalue weighted by molar-refractivity contribution is -0.121. The molecule has 1 heterocycles. The first kappa shape index (κ1) is 16.5. The molecule has 3 amide bonds. The predicted octanol–water partition coefficient (Wildman–Crippen LogP) is 1.30. The quantitative estimate of drug-likeness (QED) is 0.777. The van der Waals surface area contributed by atoms with Gasteiger partial charge in [-0.3, -0.25) is 15.0 Å². The number of nitrogens with one attached hydrogen (secondary N) is 2. The highest BCUT2D eigenvalue weighted by molar-refractivity contribution is 5.95. The lowest BCUT2D eigenvalue weighted by Gasteiger charge is -2.24. The Hall–Kier alpha value is -1.92. The Balaban J connectivity index is 1.82. The van der Waals surface area contributed by atoms with E-state index in [9.17, 15) is 9.59 Å². The summed E-state index contributed by atoms with van der Waals surface area (Å²) in [6.45, 7) is 1.91. The number of carbonyl (C=O) groups is 2. The molecule has 0 radical (unpaired) electrons. The molecule has 120 valence electrons. The van der Waals surface area contributed by atoms with E-state index in [0.717, 1.165) is 19.4 Å². The molecule has 0 aliphatic carbocycles. The number of rotatable bonds is 6. The molecule has 1 fully saturated rings. The molecule has 6 nitrogen and oxygen atoms in total. The van der Waals surface area contributed by atoms with Gasteiger partial charge in [-0.2, -0.15) is 0 Å². The molecule has 1 aromatic rings. The molecule has 0 saturated carbocycles. The van der Waals surface area contributed by atoms with Crippen LogP contribution in [0.2, 0.25) is 0 Å². The zero-order valence-electron chi connectivity index (χ0n) is 12.9. The lowest BCUT2D eigenvalue weighted by Crippen LogP contribution is -2.45. The molecule has 1 saturated heterocycles. The van der Waals surface area contributed by atoms with Crippen molar-refractivity contribution in [3.05, 3.63) is 35.9 Å². The van der Waals surface area contributed by atoms with E-state index in [1.807, 2.05) is 18.2 Å². The standard InChI is InChI=1S/C16H23N3O3/c1-22-11-9-17-16(21)18-15(20)12-19-10-5-8-14(19)13-6-3-2-4-7-13/h2-4,6-7,14H,5,8-12H2,1H3,(H2,17,18,20,21). The van der Waals surface area contributed by atoms with Crippen LogP contribution in [-0.4, -0.2) is 50.2 Å². The van der Waals surface area contributed by atoms with Crippen molar-refractivity contribution in [1.82, 2.24) is 15.5 Å². The highest BCUT2D eigenvalue weighted by Crippen LogP contribution is 2.31. The molecule has 0 bridgehead atoms. The minimum absolute atomic E-state index is 0.233. The van der Waals surface area contributed by atoms with Crippen molar-refractivity contribution in [2.75, 3.05) is 33.4 Å². The van der Waals surface area contributed by atoms with E-state index < -0.39 is 6.03 Å². The largest absolute Gasteiger partial charge is 0.383 e. The molecular formula is C16H23N3O3. The van der Waals surface area contributed by atoms with Gasteiger partial charge >= 0.3 is 6.03 Å². The lowest BCUT2D eigenvalue weighted by atomic mass is 10.0. The molecule has 1 aliphatic heterocycles. The monoisotopic (exact) mass is 305 g/mol. The van der Waals surface area contributed by atoms with Crippen molar-refractivity contribution in [2.45, 2.75) is 18.9 Å². The SMILES string of the molecule is COCCNC(=O)NC(=O)CN1CCCC1c1ccccc1. The van der Waals surface area contributed by atoms with Gasteiger partial charge in [0.25, 0.3) is 0 Å². The number of likely N-dealkylation sites (tertiary alicyclic amines) is 1. The molecule has 6 heteroatoms. The number of amides is 3. The third-order valence-corrected chi connectivity index (χ3v) is 3.74. The first-order chi connectivity index (χ1) is 10.7. The third kappa shape index (κ3) is 4.82. The zero-order chi connectivity index (χ0) is 15.8. The summed E-state index contributed by atoms with van der Waals surface area (Å²) in [5.74, 6) is -0.280. The smallest absolute Gasteiger partial charge is 0.321 e. The van der Waals surface area contributed by atoms with E-state index in [1.54, 1.807) is 7.11 Å². The molecule has 22 heavy (non-hydrogen) atoms. The number of urea groups is 1. The molecular weight excluding hydrogens is 282 g/mol. The Labute approximate surface area is 130 Å². The van der Waals surface area contributed by atoms with E-state index >= 15 is 0 Å². The summed E-state index contributed by atoms with van der Waals surface area (Å²) in [6.07, 6.45) is 2.10. The second-order valence-corrected chi connectivity index (χ2v) is 5.34. The maximum Gasteiger partial charge on any atom is 0.321 e. The van der Waals surface area contributed by atoms with Crippen LogP contribution in [0.5, 0.6) is 0 Å². The number of methoxy groups -OCH3 is 1. The fraction of sp³-hybridized carbons (Fsp3) is 0.500. The summed E-state index contributed by atoms with van der Waals surface area (Å²) in [5, 5.41) is 4.92. The van der Waals surface area contributed by atoms with E-state index in [1.165, 1.54) is 5.56 Å². The van der Waals surface area contributed by atoms with Crippen molar-refractivity contribution in [2.24, 2.45) is 0 Å². The zero-order valence-corrected chi connectivity index (χ0v) is 12.9. The third-order valence-electron chi connectivity index (χ3n) is 3.74. The highest BCUT2D eigenvalue weighted by atomic mass is 16.5. The summed E-state index contributed by atoms with van der Waals surface area (Å²) < 4.78 is 4.83. The van der Waals surface area contributed by atoms with Gasteiger partial charge in [-0.1, -0.05) is 30.3 Å². The number of imide groups is 1. The summed E-state index contributed by atoms with van der Waals surface area (Å²) in [7, 11) is 1.56. The second kappa shape index (κ2) is 8.51. The topological polar surface area (TPSA) is 70.7 Å². The molecule has 1 atom stereocenters. The van der Waals surface area contributed by atoms with Gasteiger partial charge in [-0.25, -0.2) is 4.79 Å². The first-order valence-electron chi connectivity index (χ1n) is 7.56. The van der Waals surface area contributed by atoms with Crippen LogP contribution in [-0.2, 0) is 9.53 Å². The normalized spacial score (nSPS) is 18.1. The van der Waals surface area contributed by atoms with Crippen molar-refractivity contribution in [3.8, 4) is 0 Å². The molecule has 1 aliphatic rings. The summed E-state index contributed by atoms with van der Waals surface area (Å²) in [4.78, 5) is 25.6. The van der Waals surface area contributed by atoms with Crippen LogP contribution < -0.4 is 10.6 Å². The molecule has 2 rings (SSSR count). The van der Waals surface area contributed by atoms with Gasteiger partial charge < -0.3 is 10.1 Å². The minimum Gasteiger partial charge on any atom is -0.383 e. The summed E-state index contributed by atoms with van der Waals surface area (Å²) in [5.41, 5.74) is 1.22. The van der Waals surface area contributed by atoms with Crippen LogP contribution in [0.4, 0.5) is 4.79 Å². The summed E-state index contributed by atoms with van der Waals surface area (Å²) in [6, 6.07) is 9.95. The van der Waals surface area contributed by atoms with Crippen molar-refractivity contribution in [1.29, 1.82) is 0 Å². The Morgan fingerprint density at radius 3 is 2.82 bits per heavy atom. The van der Waals surface area contributed by atoms with Gasteiger partial charge in [-0.05, 0) is 24.9 Å². The van der Waals surface area contributed by atoms with E-state index in [4.69, 9.17) is 4.74 Å². The van der Waals surface area contributed by atoms with E-state index in [2.05, 4.69) is 27.7 Å². The van der Waals surface area contributed by atoms with E-state index in [0.29, 0.717) is 13.2 Å². The summed E-state index contributed by atoms with van der Waals surface area (Å²) >= 11 is 0. The van der Waals surface area contributed by atoms with Crippen molar-refractivity contribution in [3.63, 3.8) is 0 Å². The van der Waals surface area contributed by atoms with Crippen LogP contribution in [0.25, 0.3) is 0 Å². The van der Waals surface area contributed by atoms with Gasteiger partial charge in [0.2, 0.25) is 5.91 Å². The molecule has 1 aromatic carbocycles. The Morgan fingerprint density at radius 2 is 2.09 bits per heavy atom. The number of hydrogen-bond acceptors (Lipinski definition) is 4. The number of carbonyl (C=O) groups excluding carboxylic acids is 2. The van der Waals surface area contributed by atoms with Gasteiger partial charge in [0, 0.05) is 19.7 Å². The number of hydrogen-bond donors (Lipinski definition) is 2. The van der Waals surface area contributed by atoms with Crippen molar-refractivity contribution >= 4 is 11.9 Å². The Kier molecular flexibility index (Phi) is 6.36. The van der Waals surface area contributed by atoms with E-state index in [-0.39, 0.29) is 18.5 Å². The molecule has 2 N–H and O–H groups in total. The number of ether oxygens (including phenoxy) is 1. The van der Waals surface area contributed by atoms with Gasteiger partial charge in [-0.15, -0.1) is 0 Å². The second-order valence-electron chi connectivity index (χ2n) is 5.34. The number of nitrogens with zero attached hydrogens (tertiary/aromatic N) is 1. The van der Waals surface area contributed by atoms with Crippen LogP contribution in [0, 0.1) is 0 Å². The van der Waals surface area contributed by atoms with Gasteiger partial charge in [0.1, 0.15) is 0 Å². The molecule has 0 spiro atoms. The minimum atomic E-state index is -0.475. The average Bonchev–Trinajstić information content (AvgIpc) is 2.96.